The van der Waals surface area contributed by atoms with Crippen LogP contribution in [0.3, 0.4) is 0 Å². The Balaban J connectivity index is 2.04. The highest BCUT2D eigenvalue weighted by atomic mass is 32.0. The van der Waals surface area contributed by atoms with Gasteiger partial charge in [-0.3, -0.25) is 19.2 Å². The van der Waals surface area contributed by atoms with Crippen molar-refractivity contribution < 1.29 is 28.7 Å². The highest BCUT2D eigenvalue weighted by Gasteiger charge is 2.35. The molecule has 0 amide bonds. The van der Waals surface area contributed by atoms with Gasteiger partial charge in [0.25, 0.3) is 0 Å². The highest BCUT2D eigenvalue weighted by Crippen LogP contribution is 2.39. The van der Waals surface area contributed by atoms with Crippen molar-refractivity contribution in [2.75, 3.05) is 0 Å². The second-order valence-corrected chi connectivity index (χ2v) is 6.14. The van der Waals surface area contributed by atoms with E-state index in [1.54, 1.807) is 6.08 Å². The lowest BCUT2D eigenvalue weighted by Crippen LogP contribution is -2.09. The topological polar surface area (TPSA) is 86.7 Å². The predicted molar refractivity (Wildman–Crippen MR) is 69.1 cm³/mol. The number of cyclic esters (lactones) is 4. The summed E-state index contributed by atoms with van der Waals surface area (Å²) in [7, 11) is 2.83. The van der Waals surface area contributed by atoms with E-state index in [0.29, 0.717) is 14.7 Å². The second-order valence-electron chi connectivity index (χ2n) is 4.34. The average Bonchev–Trinajstić information content (AvgIpc) is 2.81. The smallest absolute Gasteiger partial charge is 0.321 e. The summed E-state index contributed by atoms with van der Waals surface area (Å²) in [5.41, 5.74) is 0. The fraction of sp³-hybridized carbons (Fsp3) is 0.455. The SMILES string of the molecule is O=C1CC(C=C(CC2CC(=O)OC2=O)PP)C(=O)O1. The standard InChI is InChI=1S/C11H12O6P2/c12-8-3-5(10(14)16-8)1-7(19-18)2-6-4-9(13)17-11(6)15/h1,5-6,19H,2-4,18H2. The number of hydrogen-bond acceptors (Lipinski definition) is 6. The molecule has 2 rings (SSSR count). The van der Waals surface area contributed by atoms with Crippen LogP contribution in [0.15, 0.2) is 11.4 Å². The second kappa shape index (κ2) is 5.89. The fourth-order valence-corrected chi connectivity index (χ4v) is 3.28. The van der Waals surface area contributed by atoms with Crippen LogP contribution in [0.25, 0.3) is 0 Å². The van der Waals surface area contributed by atoms with Crippen LogP contribution in [0.4, 0.5) is 0 Å². The van der Waals surface area contributed by atoms with E-state index >= 15 is 0 Å². The summed E-state index contributed by atoms with van der Waals surface area (Å²) < 4.78 is 8.93. The molecular formula is C11H12O6P2. The molecule has 2 saturated heterocycles. The lowest BCUT2D eigenvalue weighted by Gasteiger charge is -2.08. The zero-order chi connectivity index (χ0) is 14.0. The average molecular weight is 302 g/mol. The van der Waals surface area contributed by atoms with Crippen LogP contribution >= 0.6 is 17.2 Å². The third kappa shape index (κ3) is 3.46. The molecule has 6 nitrogen and oxygen atoms in total. The molecule has 102 valence electrons. The van der Waals surface area contributed by atoms with E-state index in [2.05, 4.69) is 18.4 Å². The van der Waals surface area contributed by atoms with Gasteiger partial charge in [-0.05, 0) is 11.7 Å². The third-order valence-corrected chi connectivity index (χ3v) is 4.77. The molecule has 0 saturated carbocycles. The summed E-state index contributed by atoms with van der Waals surface area (Å²) in [4.78, 5) is 44.7. The van der Waals surface area contributed by atoms with E-state index in [1.165, 1.54) is 0 Å². The maximum atomic E-state index is 11.4. The first kappa shape index (κ1) is 14.3. The van der Waals surface area contributed by atoms with Crippen LogP contribution in [0.5, 0.6) is 0 Å². The predicted octanol–water partition coefficient (Wildman–Crippen LogP) is 0.908. The molecule has 0 bridgehead atoms. The van der Waals surface area contributed by atoms with Crippen LogP contribution in [0, 0.1) is 11.8 Å². The van der Waals surface area contributed by atoms with Crippen molar-refractivity contribution in [3.8, 4) is 0 Å². The lowest BCUT2D eigenvalue weighted by molar-refractivity contribution is -0.154. The van der Waals surface area contributed by atoms with Gasteiger partial charge < -0.3 is 9.47 Å². The molecule has 0 spiro atoms. The number of hydrogen-bond donors (Lipinski definition) is 0. The van der Waals surface area contributed by atoms with Gasteiger partial charge in [0.15, 0.2) is 0 Å². The first-order valence-electron chi connectivity index (χ1n) is 5.66. The molecule has 4 unspecified atom stereocenters. The quantitative estimate of drug-likeness (QED) is 0.436. The Morgan fingerprint density at radius 3 is 2.26 bits per heavy atom. The van der Waals surface area contributed by atoms with Crippen LogP contribution in [0.2, 0.25) is 0 Å². The van der Waals surface area contributed by atoms with Gasteiger partial charge in [0.05, 0.1) is 24.7 Å². The maximum absolute atomic E-state index is 11.4. The highest BCUT2D eigenvalue weighted by molar-refractivity contribution is 8.05. The van der Waals surface area contributed by atoms with E-state index in [0.717, 1.165) is 5.31 Å². The largest absolute Gasteiger partial charge is 0.393 e. The number of esters is 4. The van der Waals surface area contributed by atoms with Crippen LogP contribution in [-0.2, 0) is 28.7 Å². The van der Waals surface area contributed by atoms with Gasteiger partial charge in [0, 0.05) is 0 Å². The van der Waals surface area contributed by atoms with Gasteiger partial charge in [-0.25, -0.2) is 0 Å². The van der Waals surface area contributed by atoms with E-state index < -0.39 is 35.7 Å². The zero-order valence-corrected chi connectivity index (χ0v) is 12.0. The first-order chi connectivity index (χ1) is 8.99. The number of rotatable bonds is 4. The maximum Gasteiger partial charge on any atom is 0.321 e. The molecule has 0 aliphatic carbocycles. The summed E-state index contributed by atoms with van der Waals surface area (Å²) in [5.74, 6) is -3.20. The van der Waals surface area contributed by atoms with E-state index in [1.807, 2.05) is 0 Å². The van der Waals surface area contributed by atoms with Crippen LogP contribution < -0.4 is 0 Å². The number of allylic oxidation sites excluding steroid dienone is 1. The molecule has 2 heterocycles. The third-order valence-electron chi connectivity index (χ3n) is 2.92. The number of ether oxygens (including phenoxy) is 2. The zero-order valence-electron chi connectivity index (χ0n) is 9.88. The van der Waals surface area contributed by atoms with E-state index in [4.69, 9.17) is 0 Å². The minimum atomic E-state index is -0.580. The van der Waals surface area contributed by atoms with Crippen molar-refractivity contribution >= 4 is 41.1 Å². The van der Waals surface area contributed by atoms with Gasteiger partial charge >= 0.3 is 23.9 Å². The van der Waals surface area contributed by atoms with E-state index in [-0.39, 0.29) is 12.8 Å². The van der Waals surface area contributed by atoms with Crippen molar-refractivity contribution in [1.29, 1.82) is 0 Å². The summed E-state index contributed by atoms with van der Waals surface area (Å²) >= 11 is 0. The Morgan fingerprint density at radius 2 is 1.79 bits per heavy atom. The minimum Gasteiger partial charge on any atom is -0.393 e. The minimum absolute atomic E-state index is 0.0333. The van der Waals surface area contributed by atoms with Crippen LogP contribution in [0.1, 0.15) is 19.3 Å². The van der Waals surface area contributed by atoms with Gasteiger partial charge in [-0.15, -0.1) is 8.93 Å². The molecule has 8 heteroatoms. The van der Waals surface area contributed by atoms with Crippen molar-refractivity contribution in [2.45, 2.75) is 19.3 Å². The number of carbonyl (C=O) groups excluding carboxylic acids is 4. The Labute approximate surface area is 113 Å². The van der Waals surface area contributed by atoms with Gasteiger partial charge in [0.2, 0.25) is 0 Å². The summed E-state index contributed by atoms with van der Waals surface area (Å²) in [6.45, 7) is 0. The molecule has 0 aromatic carbocycles. The Bertz CT molecular complexity index is 484. The molecule has 0 N–H and O–H groups in total. The molecule has 0 aromatic heterocycles. The van der Waals surface area contributed by atoms with E-state index in [9.17, 15) is 19.2 Å². The van der Waals surface area contributed by atoms with Crippen molar-refractivity contribution in [2.24, 2.45) is 11.8 Å². The molecule has 2 aliphatic heterocycles. The van der Waals surface area contributed by atoms with Gasteiger partial charge in [-0.2, -0.15) is 0 Å². The molecule has 19 heavy (non-hydrogen) atoms. The summed E-state index contributed by atoms with van der Waals surface area (Å²) in [5, 5.41) is 0.846. The molecule has 0 aromatic rings. The Hall–Kier alpha value is -1.12. The molecule has 4 atom stereocenters. The molecule has 0 radical (unpaired) electrons. The summed E-state index contributed by atoms with van der Waals surface area (Å²) in [6.07, 6.45) is 2.13. The normalized spacial score (nSPS) is 28.4. The van der Waals surface area contributed by atoms with Gasteiger partial charge in [0.1, 0.15) is 0 Å². The van der Waals surface area contributed by atoms with Crippen molar-refractivity contribution in [3.63, 3.8) is 0 Å². The van der Waals surface area contributed by atoms with Crippen LogP contribution in [-0.4, -0.2) is 23.9 Å². The molecule has 2 aliphatic rings. The Morgan fingerprint density at radius 1 is 1.16 bits per heavy atom. The monoisotopic (exact) mass is 302 g/mol. The first-order valence-corrected chi connectivity index (χ1v) is 8.47. The van der Waals surface area contributed by atoms with Crippen molar-refractivity contribution in [3.05, 3.63) is 11.4 Å². The van der Waals surface area contributed by atoms with Crippen molar-refractivity contribution in [1.82, 2.24) is 0 Å². The fourth-order valence-electron chi connectivity index (χ4n) is 1.98. The summed E-state index contributed by atoms with van der Waals surface area (Å²) in [6, 6.07) is 0. The lowest BCUT2D eigenvalue weighted by atomic mass is 10.0. The Kier molecular flexibility index (Phi) is 4.43. The number of carbonyl (C=O) groups is 4. The molecule has 2 fully saturated rings. The molecular weight excluding hydrogens is 290 g/mol. The van der Waals surface area contributed by atoms with Gasteiger partial charge in [-0.1, -0.05) is 14.3 Å².